The van der Waals surface area contributed by atoms with Crippen LogP contribution in [-0.4, -0.2) is 53.4 Å². The molecule has 1 aromatic rings. The number of nitrogens with zero attached hydrogens (tertiary/aromatic N) is 1. The number of hydrogen-bond donors (Lipinski definition) is 1. The topological polar surface area (TPSA) is 46.5 Å². The van der Waals surface area contributed by atoms with Gasteiger partial charge in [0.05, 0.1) is 19.5 Å². The van der Waals surface area contributed by atoms with Crippen LogP contribution in [0.15, 0.2) is 35.9 Å². The summed E-state index contributed by atoms with van der Waals surface area (Å²) in [5.74, 6) is 0.360. The Labute approximate surface area is 173 Å². The molecule has 2 bridgehead atoms. The molecule has 0 spiro atoms. The minimum atomic E-state index is -0.651. The molecule has 28 heavy (non-hydrogen) atoms. The Morgan fingerprint density at radius 2 is 1.93 bits per heavy atom. The average Bonchev–Trinajstić information content (AvgIpc) is 2.60. The van der Waals surface area contributed by atoms with Gasteiger partial charge in [0, 0.05) is 17.9 Å². The van der Waals surface area contributed by atoms with Crippen LogP contribution < -0.4 is 0 Å². The number of carbonyl (C=O) groups is 1. The van der Waals surface area contributed by atoms with Gasteiger partial charge in [-0.2, -0.15) is 0 Å². The highest BCUT2D eigenvalue weighted by Crippen LogP contribution is 2.38. The minimum absolute atomic E-state index is 0.0739. The normalized spacial score (nSPS) is 27.0. The largest absolute Gasteiger partial charge is 0.460 e. The number of aliphatic hydroxyl groups excluding tert-OH is 1. The molecule has 0 amide bonds. The van der Waals surface area contributed by atoms with Crippen LogP contribution >= 0.6 is 11.6 Å². The van der Waals surface area contributed by atoms with Crippen LogP contribution in [0.5, 0.6) is 0 Å². The van der Waals surface area contributed by atoms with Gasteiger partial charge in [0.1, 0.15) is 24.8 Å². The van der Waals surface area contributed by atoms with Gasteiger partial charge in [-0.3, -0.25) is 4.79 Å². The molecule has 0 saturated carbocycles. The first-order valence-electron chi connectivity index (χ1n) is 10.3. The lowest BCUT2D eigenvalue weighted by Gasteiger charge is -2.51. The molecule has 0 aliphatic carbocycles. The van der Waals surface area contributed by atoms with Gasteiger partial charge in [-0.05, 0) is 56.4 Å². The molecule has 4 rings (SSSR count). The molecule has 5 heteroatoms. The zero-order chi connectivity index (χ0) is 20.4. The molecule has 154 valence electrons. The molecule has 1 aromatic carbocycles. The number of rotatable bonds is 6. The van der Waals surface area contributed by atoms with Gasteiger partial charge in [0.15, 0.2) is 0 Å². The Kier molecular flexibility index (Phi) is 6.53. The van der Waals surface area contributed by atoms with Crippen molar-refractivity contribution in [2.24, 2.45) is 5.92 Å². The van der Waals surface area contributed by atoms with E-state index in [-0.39, 0.29) is 12.4 Å². The van der Waals surface area contributed by atoms with Gasteiger partial charge in [-0.1, -0.05) is 29.8 Å². The number of piperidine rings is 3. The second-order valence-corrected chi connectivity index (χ2v) is 9.89. The number of hydrogen-bond acceptors (Lipinski definition) is 3. The summed E-state index contributed by atoms with van der Waals surface area (Å²) in [5, 5.41) is 11.3. The van der Waals surface area contributed by atoms with E-state index in [4.69, 9.17) is 16.3 Å². The maximum Gasteiger partial charge on any atom is 0.309 e. The van der Waals surface area contributed by atoms with Crippen molar-refractivity contribution in [2.75, 3.05) is 26.2 Å². The lowest BCUT2D eigenvalue weighted by Crippen LogP contribution is -2.61. The first-order valence-corrected chi connectivity index (χ1v) is 10.7. The van der Waals surface area contributed by atoms with Gasteiger partial charge >= 0.3 is 5.97 Å². The lowest BCUT2D eigenvalue weighted by atomic mass is 9.80. The van der Waals surface area contributed by atoms with Gasteiger partial charge in [-0.25, -0.2) is 0 Å². The number of allylic oxidation sites excluding steroid dienone is 1. The summed E-state index contributed by atoms with van der Waals surface area (Å²) in [6.07, 6.45) is 5.06. The summed E-state index contributed by atoms with van der Waals surface area (Å²) < 4.78 is 6.26. The molecule has 3 aliphatic heterocycles. The summed E-state index contributed by atoms with van der Waals surface area (Å²) in [5.41, 5.74) is 2.27. The van der Waals surface area contributed by atoms with Crippen molar-refractivity contribution >= 4 is 17.6 Å². The van der Waals surface area contributed by atoms with Gasteiger partial charge < -0.3 is 14.3 Å². The highest BCUT2D eigenvalue weighted by Gasteiger charge is 2.43. The second-order valence-electron chi connectivity index (χ2n) is 9.46. The summed E-state index contributed by atoms with van der Waals surface area (Å²) in [7, 11) is 0. The maximum absolute atomic E-state index is 12.1. The van der Waals surface area contributed by atoms with Crippen LogP contribution in [-0.2, 0) is 16.0 Å². The summed E-state index contributed by atoms with van der Waals surface area (Å²) in [4.78, 5) is 12.1. The zero-order valence-electron chi connectivity index (χ0n) is 17.3. The van der Waals surface area contributed by atoms with Gasteiger partial charge in [0.25, 0.3) is 0 Å². The smallest absolute Gasteiger partial charge is 0.309 e. The van der Waals surface area contributed by atoms with E-state index in [0.29, 0.717) is 12.5 Å². The molecule has 0 aromatic heterocycles. The fourth-order valence-electron chi connectivity index (χ4n) is 4.60. The maximum atomic E-state index is 12.1. The summed E-state index contributed by atoms with van der Waals surface area (Å²) >= 11 is 5.98. The third-order valence-electron chi connectivity index (χ3n) is 5.88. The molecular formula is C23H33ClNO3+. The SMILES string of the molecule is CC(C)(C)OC(=O)CC(O)C[N+]12CCC(CC1)/C(=C/Cc1ccc(Cl)cc1)C2. The van der Waals surface area contributed by atoms with E-state index >= 15 is 0 Å². The highest BCUT2D eigenvalue weighted by molar-refractivity contribution is 6.30. The third kappa shape index (κ3) is 5.82. The van der Waals surface area contributed by atoms with E-state index in [9.17, 15) is 9.90 Å². The Morgan fingerprint density at radius 1 is 1.29 bits per heavy atom. The number of quaternary nitrogens is 1. The minimum Gasteiger partial charge on any atom is -0.460 e. The van der Waals surface area contributed by atoms with Crippen molar-refractivity contribution in [3.05, 3.63) is 46.5 Å². The Balaban J connectivity index is 1.59. The van der Waals surface area contributed by atoms with E-state index in [1.54, 1.807) is 0 Å². The fraction of sp³-hybridized carbons (Fsp3) is 0.609. The van der Waals surface area contributed by atoms with Gasteiger partial charge in [-0.15, -0.1) is 0 Å². The van der Waals surface area contributed by atoms with Crippen molar-refractivity contribution in [3.8, 4) is 0 Å². The molecule has 3 saturated heterocycles. The van der Waals surface area contributed by atoms with Crippen molar-refractivity contribution in [2.45, 2.75) is 58.2 Å². The molecule has 3 aliphatic rings. The van der Waals surface area contributed by atoms with E-state index < -0.39 is 11.7 Å². The first-order chi connectivity index (χ1) is 13.1. The zero-order valence-corrected chi connectivity index (χ0v) is 18.0. The number of esters is 1. The highest BCUT2D eigenvalue weighted by atomic mass is 35.5. The number of halogens is 1. The predicted octanol–water partition coefficient (Wildman–Crippen LogP) is 4.14. The molecule has 1 atom stereocenters. The third-order valence-corrected chi connectivity index (χ3v) is 6.13. The molecule has 1 N–H and O–H groups in total. The van der Waals surface area contributed by atoms with E-state index in [2.05, 4.69) is 18.2 Å². The number of benzene rings is 1. The standard InChI is InChI=1S/C23H33ClNO3/c1-23(2,3)28-22(27)14-21(26)16-25-12-10-18(11-13-25)19(15-25)7-4-17-5-8-20(24)9-6-17/h5-9,18,21,26H,4,10-16H2,1-3H3/q+1/b19-7+. The van der Waals surface area contributed by atoms with Crippen LogP contribution in [0.4, 0.5) is 0 Å². The number of fused-ring (bicyclic) bond motifs is 3. The van der Waals surface area contributed by atoms with Crippen LogP contribution in [0.3, 0.4) is 0 Å². The Morgan fingerprint density at radius 3 is 2.54 bits per heavy atom. The van der Waals surface area contributed by atoms with Crippen molar-refractivity contribution < 1.29 is 19.1 Å². The number of ether oxygens (including phenoxy) is 1. The quantitative estimate of drug-likeness (QED) is 0.438. The predicted molar refractivity (Wildman–Crippen MR) is 112 cm³/mol. The number of carbonyl (C=O) groups excluding carboxylic acids is 1. The fourth-order valence-corrected chi connectivity index (χ4v) is 4.72. The molecule has 0 radical (unpaired) electrons. The van der Waals surface area contributed by atoms with Crippen LogP contribution in [0.25, 0.3) is 0 Å². The molecule has 3 heterocycles. The van der Waals surface area contributed by atoms with Crippen molar-refractivity contribution in [1.29, 1.82) is 0 Å². The average molecular weight is 407 g/mol. The molecular weight excluding hydrogens is 374 g/mol. The van der Waals surface area contributed by atoms with Gasteiger partial charge in [0.2, 0.25) is 0 Å². The van der Waals surface area contributed by atoms with Crippen LogP contribution in [0.1, 0.15) is 45.6 Å². The Hall–Kier alpha value is -1.36. The van der Waals surface area contributed by atoms with Crippen molar-refractivity contribution in [1.82, 2.24) is 0 Å². The molecule has 3 fully saturated rings. The second kappa shape index (κ2) is 8.56. The van der Waals surface area contributed by atoms with E-state index in [0.717, 1.165) is 35.6 Å². The lowest BCUT2D eigenvalue weighted by molar-refractivity contribution is -0.938. The monoisotopic (exact) mass is 406 g/mol. The van der Waals surface area contributed by atoms with E-state index in [1.807, 2.05) is 32.9 Å². The summed E-state index contributed by atoms with van der Waals surface area (Å²) in [6.45, 7) is 9.36. The van der Waals surface area contributed by atoms with E-state index in [1.165, 1.54) is 24.0 Å². The molecule has 1 unspecified atom stereocenters. The number of aliphatic hydroxyl groups is 1. The van der Waals surface area contributed by atoms with Crippen LogP contribution in [0.2, 0.25) is 5.02 Å². The Bertz CT molecular complexity index is 712. The first kappa shape index (κ1) is 21.4. The summed E-state index contributed by atoms with van der Waals surface area (Å²) in [6, 6.07) is 8.03. The van der Waals surface area contributed by atoms with Crippen molar-refractivity contribution in [3.63, 3.8) is 0 Å². The van der Waals surface area contributed by atoms with Crippen LogP contribution in [0, 0.1) is 5.92 Å². The molecule has 4 nitrogen and oxygen atoms in total.